The Kier molecular flexibility index (Phi) is 3.54. The molecule has 1 N–H and O–H groups in total. The fourth-order valence-electron chi connectivity index (χ4n) is 2.90. The molecular formula is C19H18N4O. The maximum Gasteiger partial charge on any atom is 0.226 e. The molecule has 0 saturated carbocycles. The largest absolute Gasteiger partial charge is 0.497 e. The molecule has 2 aromatic carbocycles. The van der Waals surface area contributed by atoms with Gasteiger partial charge in [0.2, 0.25) is 5.95 Å². The maximum absolute atomic E-state index is 5.36. The first-order chi connectivity index (χ1) is 11.7. The lowest BCUT2D eigenvalue weighted by Crippen LogP contribution is -2.20. The van der Waals surface area contributed by atoms with Crippen LogP contribution in [0.1, 0.15) is 22.7 Å². The molecule has 0 aliphatic carbocycles. The number of rotatable bonds is 3. The molecule has 0 spiro atoms. The first kappa shape index (κ1) is 14.5. The van der Waals surface area contributed by atoms with E-state index in [1.54, 1.807) is 13.4 Å². The predicted molar refractivity (Wildman–Crippen MR) is 93.9 cm³/mol. The monoisotopic (exact) mass is 318 g/mol. The van der Waals surface area contributed by atoms with Gasteiger partial charge in [-0.2, -0.15) is 10.1 Å². The van der Waals surface area contributed by atoms with Gasteiger partial charge in [-0.15, -0.1) is 0 Å². The molecule has 0 saturated heterocycles. The van der Waals surface area contributed by atoms with Gasteiger partial charge >= 0.3 is 0 Å². The van der Waals surface area contributed by atoms with Crippen molar-refractivity contribution in [2.24, 2.45) is 0 Å². The minimum absolute atomic E-state index is 0.0323. The highest BCUT2D eigenvalue weighted by Gasteiger charge is 2.23. The maximum atomic E-state index is 5.36. The Morgan fingerprint density at radius 3 is 2.75 bits per heavy atom. The zero-order chi connectivity index (χ0) is 16.5. The molecule has 4 rings (SSSR count). The number of nitrogens with one attached hydrogen (secondary N) is 1. The van der Waals surface area contributed by atoms with E-state index in [0.29, 0.717) is 0 Å². The zero-order valence-electron chi connectivity index (χ0n) is 13.6. The summed E-state index contributed by atoms with van der Waals surface area (Å²) in [5, 5.41) is 7.73. The first-order valence-electron chi connectivity index (χ1n) is 7.84. The Morgan fingerprint density at radius 1 is 1.12 bits per heavy atom. The van der Waals surface area contributed by atoms with Gasteiger partial charge in [0.1, 0.15) is 18.1 Å². The number of aryl methyl sites for hydroxylation is 1. The van der Waals surface area contributed by atoms with Crippen molar-refractivity contribution in [2.45, 2.75) is 13.0 Å². The third-order valence-corrected chi connectivity index (χ3v) is 4.21. The quantitative estimate of drug-likeness (QED) is 0.801. The Labute approximate surface area is 140 Å². The lowest BCUT2D eigenvalue weighted by Gasteiger charge is -2.24. The summed E-state index contributed by atoms with van der Waals surface area (Å²) in [5.41, 5.74) is 4.50. The van der Waals surface area contributed by atoms with Gasteiger partial charge in [0.25, 0.3) is 0 Å². The Bertz CT molecular complexity index is 896. The van der Waals surface area contributed by atoms with Gasteiger partial charge in [0.05, 0.1) is 7.11 Å². The molecule has 1 aliphatic heterocycles. The van der Waals surface area contributed by atoms with Gasteiger partial charge in [0, 0.05) is 5.70 Å². The van der Waals surface area contributed by atoms with E-state index in [9.17, 15) is 0 Å². The van der Waals surface area contributed by atoms with Crippen LogP contribution in [0.2, 0.25) is 0 Å². The van der Waals surface area contributed by atoms with Gasteiger partial charge in [-0.25, -0.2) is 4.68 Å². The molecule has 3 aromatic rings. The van der Waals surface area contributed by atoms with Gasteiger partial charge in [-0.3, -0.25) is 0 Å². The van der Waals surface area contributed by atoms with Crippen LogP contribution in [0.4, 0.5) is 5.95 Å². The van der Waals surface area contributed by atoms with E-state index in [4.69, 9.17) is 4.74 Å². The van der Waals surface area contributed by atoms with E-state index < -0.39 is 0 Å². The van der Waals surface area contributed by atoms with E-state index in [2.05, 4.69) is 58.7 Å². The van der Waals surface area contributed by atoms with Crippen molar-refractivity contribution >= 4 is 11.6 Å². The Morgan fingerprint density at radius 2 is 1.96 bits per heavy atom. The van der Waals surface area contributed by atoms with E-state index in [1.807, 2.05) is 22.9 Å². The van der Waals surface area contributed by atoms with Crippen molar-refractivity contribution < 1.29 is 4.74 Å². The number of nitrogens with zero attached hydrogens (tertiary/aromatic N) is 3. The summed E-state index contributed by atoms with van der Waals surface area (Å²) in [6, 6.07) is 16.5. The number of aromatic nitrogens is 3. The molecule has 0 radical (unpaired) electrons. The molecule has 1 aromatic heterocycles. The summed E-state index contributed by atoms with van der Waals surface area (Å²) < 4.78 is 7.24. The molecule has 0 bridgehead atoms. The van der Waals surface area contributed by atoms with E-state index >= 15 is 0 Å². The molecule has 0 unspecified atom stereocenters. The second kappa shape index (κ2) is 5.85. The van der Waals surface area contributed by atoms with E-state index in [-0.39, 0.29) is 6.04 Å². The number of fused-ring (bicyclic) bond motifs is 1. The molecule has 2 heterocycles. The predicted octanol–water partition coefficient (Wildman–Crippen LogP) is 3.65. The van der Waals surface area contributed by atoms with Gasteiger partial charge in [0.15, 0.2) is 0 Å². The van der Waals surface area contributed by atoms with Crippen LogP contribution in [0.15, 0.2) is 60.9 Å². The van der Waals surface area contributed by atoms with Crippen LogP contribution >= 0.6 is 0 Å². The standard InChI is InChI=1S/C19H18N4O/c1-13-6-8-14(9-7-13)17-11-18(23-19(22-17)20-12-21-23)15-4-3-5-16(10-15)24-2/h3-12,18H,1-2H3,(H,20,21,22)/t18-/m0/s1. The van der Waals surface area contributed by atoms with Crippen molar-refractivity contribution in [1.29, 1.82) is 0 Å². The highest BCUT2D eigenvalue weighted by atomic mass is 16.5. The summed E-state index contributed by atoms with van der Waals surface area (Å²) in [7, 11) is 1.68. The van der Waals surface area contributed by atoms with Crippen molar-refractivity contribution in [3.05, 3.63) is 77.6 Å². The topological polar surface area (TPSA) is 52.0 Å². The fourth-order valence-corrected chi connectivity index (χ4v) is 2.90. The van der Waals surface area contributed by atoms with Gasteiger partial charge in [-0.1, -0.05) is 42.0 Å². The molecule has 1 aliphatic rings. The minimum Gasteiger partial charge on any atom is -0.497 e. The third-order valence-electron chi connectivity index (χ3n) is 4.21. The van der Waals surface area contributed by atoms with Crippen molar-refractivity contribution in [3.63, 3.8) is 0 Å². The lowest BCUT2D eigenvalue weighted by atomic mass is 10.0. The summed E-state index contributed by atoms with van der Waals surface area (Å²) in [6.45, 7) is 2.09. The first-order valence-corrected chi connectivity index (χ1v) is 7.84. The molecule has 1 atom stereocenters. The number of benzene rings is 2. The highest BCUT2D eigenvalue weighted by molar-refractivity contribution is 5.77. The van der Waals surface area contributed by atoms with Crippen molar-refractivity contribution in [3.8, 4) is 5.75 Å². The average Bonchev–Trinajstić information content (AvgIpc) is 3.10. The minimum atomic E-state index is -0.0323. The highest BCUT2D eigenvalue weighted by Crippen LogP contribution is 2.33. The van der Waals surface area contributed by atoms with E-state index in [0.717, 1.165) is 28.5 Å². The van der Waals surface area contributed by atoms with Crippen molar-refractivity contribution in [2.75, 3.05) is 12.4 Å². The van der Waals surface area contributed by atoms with Crippen LogP contribution in [-0.4, -0.2) is 21.9 Å². The summed E-state index contributed by atoms with van der Waals surface area (Å²) in [5.74, 6) is 1.57. The summed E-state index contributed by atoms with van der Waals surface area (Å²) >= 11 is 0. The molecule has 24 heavy (non-hydrogen) atoms. The fraction of sp³-hybridized carbons (Fsp3) is 0.158. The van der Waals surface area contributed by atoms with Crippen LogP contribution in [0.5, 0.6) is 5.75 Å². The normalized spacial score (nSPS) is 16.1. The van der Waals surface area contributed by atoms with Crippen LogP contribution < -0.4 is 10.1 Å². The molecule has 0 amide bonds. The van der Waals surface area contributed by atoms with Crippen LogP contribution in [0, 0.1) is 6.92 Å². The van der Waals surface area contributed by atoms with Crippen LogP contribution in [-0.2, 0) is 0 Å². The number of methoxy groups -OCH3 is 1. The zero-order valence-corrected chi connectivity index (χ0v) is 13.6. The molecular weight excluding hydrogens is 300 g/mol. The number of hydrogen-bond acceptors (Lipinski definition) is 4. The molecule has 0 fully saturated rings. The van der Waals surface area contributed by atoms with Crippen molar-refractivity contribution in [1.82, 2.24) is 14.8 Å². The van der Waals surface area contributed by atoms with Gasteiger partial charge in [-0.05, 0) is 36.3 Å². The number of hydrogen-bond donors (Lipinski definition) is 1. The Hall–Kier alpha value is -3.08. The Balaban J connectivity index is 1.80. The number of ether oxygens (including phenoxy) is 1. The number of allylic oxidation sites excluding steroid dienone is 1. The molecule has 5 heteroatoms. The van der Waals surface area contributed by atoms with Gasteiger partial charge < -0.3 is 10.1 Å². The second-order valence-electron chi connectivity index (χ2n) is 5.82. The van der Waals surface area contributed by atoms with Crippen LogP contribution in [0.25, 0.3) is 5.70 Å². The smallest absolute Gasteiger partial charge is 0.226 e. The third kappa shape index (κ3) is 2.54. The lowest BCUT2D eigenvalue weighted by molar-refractivity contribution is 0.413. The average molecular weight is 318 g/mol. The van der Waals surface area contributed by atoms with E-state index in [1.165, 1.54) is 5.56 Å². The molecule has 5 nitrogen and oxygen atoms in total. The van der Waals surface area contributed by atoms with Crippen LogP contribution in [0.3, 0.4) is 0 Å². The second-order valence-corrected chi connectivity index (χ2v) is 5.82. The summed E-state index contributed by atoms with van der Waals surface area (Å²) in [6.07, 6.45) is 3.74. The SMILES string of the molecule is COc1cccc([C@@H]2C=C(c3ccc(C)cc3)Nc3ncnn32)c1. The molecule has 120 valence electrons. The number of anilines is 1. The summed E-state index contributed by atoms with van der Waals surface area (Å²) in [4.78, 5) is 4.34.